The molecule has 0 unspecified atom stereocenters. The van der Waals surface area contributed by atoms with E-state index in [1.54, 1.807) is 36.2 Å². The number of nitrogens with zero attached hydrogens (tertiary/aromatic N) is 1. The molecule has 4 rings (SSSR count). The van der Waals surface area contributed by atoms with Crippen LogP contribution in [0, 0.1) is 12.7 Å². The highest BCUT2D eigenvalue weighted by atomic mass is 32.2. The molecule has 0 spiro atoms. The van der Waals surface area contributed by atoms with Crippen LogP contribution in [0.5, 0.6) is 0 Å². The van der Waals surface area contributed by atoms with Crippen molar-refractivity contribution in [1.82, 2.24) is 5.32 Å². The average Bonchev–Trinajstić information content (AvgIpc) is 2.78. The quantitative estimate of drug-likeness (QED) is 0.579. The van der Waals surface area contributed by atoms with E-state index in [4.69, 9.17) is 0 Å². The lowest BCUT2D eigenvalue weighted by molar-refractivity contribution is -0.114. The Morgan fingerprint density at radius 1 is 1.10 bits per heavy atom. The first-order chi connectivity index (χ1) is 14.9. The lowest BCUT2D eigenvalue weighted by Crippen LogP contribution is -2.31. The Morgan fingerprint density at radius 2 is 1.84 bits per heavy atom. The molecule has 156 valence electrons. The fourth-order valence-electron chi connectivity index (χ4n) is 3.31. The van der Waals surface area contributed by atoms with E-state index in [0.717, 1.165) is 21.6 Å². The zero-order chi connectivity index (χ0) is 22.0. The van der Waals surface area contributed by atoms with Crippen LogP contribution in [0.2, 0.25) is 0 Å². The van der Waals surface area contributed by atoms with Crippen molar-refractivity contribution >= 4 is 35.3 Å². The summed E-state index contributed by atoms with van der Waals surface area (Å²) in [7, 11) is 1.72. The summed E-state index contributed by atoms with van der Waals surface area (Å²) in [5, 5.41) is 2.83. The van der Waals surface area contributed by atoms with E-state index in [1.807, 2.05) is 43.3 Å². The number of fused-ring (bicyclic) bond motifs is 1. The van der Waals surface area contributed by atoms with Crippen LogP contribution in [0.1, 0.15) is 27.0 Å². The molecule has 0 saturated heterocycles. The third kappa shape index (κ3) is 4.54. The van der Waals surface area contributed by atoms with Gasteiger partial charge in [0, 0.05) is 24.1 Å². The first-order valence-electron chi connectivity index (χ1n) is 9.82. The predicted molar refractivity (Wildman–Crippen MR) is 122 cm³/mol. The lowest BCUT2D eigenvalue weighted by Gasteiger charge is -2.27. The number of thioether (sulfide) groups is 1. The number of nitrogens with one attached hydrogen (secondary N) is 1. The molecule has 0 atom stereocenters. The molecule has 0 fully saturated rings. The Labute approximate surface area is 184 Å². The van der Waals surface area contributed by atoms with Crippen molar-refractivity contribution in [3.8, 4) is 0 Å². The molecule has 0 aliphatic carbocycles. The van der Waals surface area contributed by atoms with Gasteiger partial charge in [0.15, 0.2) is 0 Å². The number of halogens is 1. The molecular weight excluding hydrogens is 411 g/mol. The molecule has 4 nitrogen and oxygen atoms in total. The van der Waals surface area contributed by atoms with Gasteiger partial charge in [-0.2, -0.15) is 0 Å². The topological polar surface area (TPSA) is 49.4 Å². The van der Waals surface area contributed by atoms with Gasteiger partial charge in [0.1, 0.15) is 5.82 Å². The van der Waals surface area contributed by atoms with Gasteiger partial charge >= 0.3 is 0 Å². The first-order valence-corrected chi connectivity index (χ1v) is 10.6. The second-order valence-corrected chi connectivity index (χ2v) is 8.41. The van der Waals surface area contributed by atoms with Crippen molar-refractivity contribution in [2.24, 2.45) is 0 Å². The third-order valence-corrected chi connectivity index (χ3v) is 6.24. The van der Waals surface area contributed by atoms with E-state index < -0.39 is 0 Å². The summed E-state index contributed by atoms with van der Waals surface area (Å²) in [5.74, 6) is -0.672. The zero-order valence-electron chi connectivity index (χ0n) is 17.2. The molecule has 3 aromatic carbocycles. The van der Waals surface area contributed by atoms with Crippen molar-refractivity contribution in [2.75, 3.05) is 11.9 Å². The Balaban J connectivity index is 1.54. The van der Waals surface area contributed by atoms with Gasteiger partial charge < -0.3 is 10.2 Å². The van der Waals surface area contributed by atoms with E-state index in [2.05, 4.69) is 5.32 Å². The molecule has 31 heavy (non-hydrogen) atoms. The largest absolute Gasteiger partial charge is 0.348 e. The fourth-order valence-corrected chi connectivity index (χ4v) is 4.40. The van der Waals surface area contributed by atoms with Crippen LogP contribution in [0.15, 0.2) is 76.5 Å². The van der Waals surface area contributed by atoms with Crippen molar-refractivity contribution in [3.05, 3.63) is 99.7 Å². The molecule has 0 aromatic heterocycles. The van der Waals surface area contributed by atoms with Gasteiger partial charge in [-0.3, -0.25) is 9.59 Å². The maximum atomic E-state index is 13.0. The van der Waals surface area contributed by atoms with Crippen molar-refractivity contribution in [1.29, 1.82) is 0 Å². The van der Waals surface area contributed by atoms with Crippen LogP contribution in [0.4, 0.5) is 10.1 Å². The Bertz CT molecular complexity index is 1190. The molecule has 0 bridgehead atoms. The summed E-state index contributed by atoms with van der Waals surface area (Å²) < 4.78 is 13.0. The number of anilines is 1. The van der Waals surface area contributed by atoms with Gasteiger partial charge in [-0.15, -0.1) is 0 Å². The van der Waals surface area contributed by atoms with Crippen molar-refractivity contribution in [2.45, 2.75) is 18.4 Å². The normalized spacial score (nSPS) is 14.5. The SMILES string of the molecule is Cc1ccccc1/C=C1\Sc2ccc(C(=O)NCc3ccc(F)cc3)cc2N(C)C1=O. The highest BCUT2D eigenvalue weighted by Crippen LogP contribution is 2.42. The molecule has 1 N–H and O–H groups in total. The summed E-state index contributed by atoms with van der Waals surface area (Å²) >= 11 is 1.41. The van der Waals surface area contributed by atoms with E-state index >= 15 is 0 Å². The lowest BCUT2D eigenvalue weighted by atomic mass is 10.1. The number of carbonyl (C=O) groups excluding carboxylic acids is 2. The third-order valence-electron chi connectivity index (χ3n) is 5.16. The molecule has 1 aliphatic heterocycles. The zero-order valence-corrected chi connectivity index (χ0v) is 18.0. The van der Waals surface area contributed by atoms with E-state index in [1.165, 1.54) is 23.9 Å². The maximum absolute atomic E-state index is 13.0. The summed E-state index contributed by atoms with van der Waals surface area (Å²) in [5.41, 5.74) is 4.08. The minimum Gasteiger partial charge on any atom is -0.348 e. The summed E-state index contributed by atoms with van der Waals surface area (Å²) in [6.45, 7) is 2.31. The van der Waals surface area contributed by atoms with Crippen molar-refractivity contribution in [3.63, 3.8) is 0 Å². The summed E-state index contributed by atoms with van der Waals surface area (Å²) in [6, 6.07) is 19.2. The number of hydrogen-bond donors (Lipinski definition) is 1. The van der Waals surface area contributed by atoms with Crippen LogP contribution < -0.4 is 10.2 Å². The average molecular weight is 433 g/mol. The van der Waals surface area contributed by atoms with Gasteiger partial charge in [-0.1, -0.05) is 48.2 Å². The fraction of sp³-hybridized carbons (Fsp3) is 0.120. The molecule has 0 radical (unpaired) electrons. The van der Waals surface area contributed by atoms with Gasteiger partial charge in [0.2, 0.25) is 0 Å². The standard InChI is InChI=1S/C25H21FN2O2S/c1-16-5-3-4-6-18(16)14-23-25(30)28(2)21-13-19(9-12-22(21)31-23)24(29)27-15-17-7-10-20(26)11-8-17/h3-14H,15H2,1-2H3,(H,27,29)/b23-14-. The molecule has 1 heterocycles. The van der Waals surface area contributed by atoms with E-state index in [0.29, 0.717) is 22.7 Å². The Morgan fingerprint density at radius 3 is 2.58 bits per heavy atom. The molecule has 1 aliphatic rings. The first kappa shape index (κ1) is 20.9. The molecule has 2 amide bonds. The number of likely N-dealkylation sites (N-methyl/N-ethyl adjacent to an activating group) is 1. The smallest absolute Gasteiger partial charge is 0.264 e. The van der Waals surface area contributed by atoms with Crippen LogP contribution in [0.25, 0.3) is 6.08 Å². The van der Waals surface area contributed by atoms with Crippen LogP contribution >= 0.6 is 11.8 Å². The van der Waals surface area contributed by atoms with Crippen LogP contribution in [-0.4, -0.2) is 18.9 Å². The molecule has 3 aromatic rings. The summed E-state index contributed by atoms with van der Waals surface area (Å²) in [6.07, 6.45) is 1.91. The Kier molecular flexibility index (Phi) is 5.91. The number of rotatable bonds is 4. The summed E-state index contributed by atoms with van der Waals surface area (Å²) in [4.78, 5) is 28.7. The monoisotopic (exact) mass is 432 g/mol. The highest BCUT2D eigenvalue weighted by Gasteiger charge is 2.27. The number of amides is 2. The van der Waals surface area contributed by atoms with Crippen LogP contribution in [0.3, 0.4) is 0 Å². The van der Waals surface area contributed by atoms with Crippen LogP contribution in [-0.2, 0) is 11.3 Å². The van der Waals surface area contributed by atoms with Gasteiger partial charge in [-0.05, 0) is 60.0 Å². The molecular formula is C25H21FN2O2S. The molecule has 0 saturated carbocycles. The molecule has 6 heteroatoms. The van der Waals surface area contributed by atoms with Gasteiger partial charge in [-0.25, -0.2) is 4.39 Å². The minimum absolute atomic E-state index is 0.107. The second-order valence-electron chi connectivity index (χ2n) is 7.32. The minimum atomic E-state index is -0.314. The number of hydrogen-bond acceptors (Lipinski definition) is 3. The number of carbonyl (C=O) groups is 2. The Hall–Kier alpha value is -3.38. The predicted octanol–water partition coefficient (Wildman–Crippen LogP) is 5.17. The van der Waals surface area contributed by atoms with E-state index in [-0.39, 0.29) is 17.6 Å². The van der Waals surface area contributed by atoms with Gasteiger partial charge in [0.05, 0.1) is 10.6 Å². The highest BCUT2D eigenvalue weighted by molar-refractivity contribution is 8.04. The number of benzene rings is 3. The van der Waals surface area contributed by atoms with Gasteiger partial charge in [0.25, 0.3) is 11.8 Å². The second kappa shape index (κ2) is 8.78. The van der Waals surface area contributed by atoms with Crippen molar-refractivity contribution < 1.29 is 14.0 Å². The van der Waals surface area contributed by atoms with E-state index in [9.17, 15) is 14.0 Å². The number of aryl methyl sites for hydroxylation is 1. The maximum Gasteiger partial charge on any atom is 0.264 e.